The van der Waals surface area contributed by atoms with E-state index in [2.05, 4.69) is 0 Å². The number of ether oxygens (including phenoxy) is 2. The molecule has 3 nitrogen and oxygen atoms in total. The van der Waals surface area contributed by atoms with Crippen molar-refractivity contribution in [1.29, 1.82) is 0 Å². The maximum absolute atomic E-state index is 6.29. The van der Waals surface area contributed by atoms with Crippen molar-refractivity contribution < 1.29 is 9.47 Å². The first-order valence-electron chi connectivity index (χ1n) is 5.55. The Labute approximate surface area is 99.5 Å². The van der Waals surface area contributed by atoms with Crippen LogP contribution in [0.15, 0.2) is 12.1 Å². The van der Waals surface area contributed by atoms with Crippen LogP contribution in [0.5, 0.6) is 11.5 Å². The van der Waals surface area contributed by atoms with E-state index in [0.29, 0.717) is 6.54 Å². The molecule has 0 saturated heterocycles. The van der Waals surface area contributed by atoms with Gasteiger partial charge >= 0.3 is 0 Å². The third-order valence-corrected chi connectivity index (χ3v) is 4.05. The molecule has 0 bridgehead atoms. The molecular weight excluding hydrogens is 226 g/mol. The molecule has 0 amide bonds. The molecule has 1 aliphatic carbocycles. The first-order chi connectivity index (χ1) is 7.75. The molecule has 1 aromatic rings. The summed E-state index contributed by atoms with van der Waals surface area (Å²) in [4.78, 5) is 0. The van der Waals surface area contributed by atoms with E-state index < -0.39 is 0 Å². The number of fused-ring (bicyclic) bond motifs is 1. The predicted molar refractivity (Wildman–Crippen MR) is 62.2 cm³/mol. The van der Waals surface area contributed by atoms with Gasteiger partial charge in [0, 0.05) is 23.0 Å². The SMILES string of the molecule is NCC1(c2cc3c(cc2Cl)OCO3)CCC1. The van der Waals surface area contributed by atoms with Crippen LogP contribution in [0.3, 0.4) is 0 Å². The molecule has 0 spiro atoms. The van der Waals surface area contributed by atoms with Crippen LogP contribution >= 0.6 is 11.6 Å². The Morgan fingerprint density at radius 3 is 2.50 bits per heavy atom. The van der Waals surface area contributed by atoms with E-state index in [0.717, 1.165) is 34.9 Å². The van der Waals surface area contributed by atoms with E-state index in [4.69, 9.17) is 26.8 Å². The number of hydrogen-bond donors (Lipinski definition) is 1. The molecule has 2 aliphatic rings. The van der Waals surface area contributed by atoms with Crippen LogP contribution < -0.4 is 15.2 Å². The lowest BCUT2D eigenvalue weighted by Crippen LogP contribution is -2.41. The van der Waals surface area contributed by atoms with Gasteiger partial charge in [-0.2, -0.15) is 0 Å². The molecule has 4 heteroatoms. The van der Waals surface area contributed by atoms with Crippen LogP contribution in [-0.2, 0) is 5.41 Å². The third-order valence-electron chi connectivity index (χ3n) is 3.74. The Hall–Kier alpha value is -0.930. The monoisotopic (exact) mass is 239 g/mol. The fourth-order valence-electron chi connectivity index (χ4n) is 2.51. The average Bonchev–Trinajstić information content (AvgIpc) is 2.64. The van der Waals surface area contributed by atoms with Gasteiger partial charge in [0.25, 0.3) is 0 Å². The lowest BCUT2D eigenvalue weighted by atomic mass is 9.64. The summed E-state index contributed by atoms with van der Waals surface area (Å²) >= 11 is 6.29. The van der Waals surface area contributed by atoms with E-state index in [9.17, 15) is 0 Å². The second-order valence-electron chi connectivity index (χ2n) is 4.52. The zero-order valence-corrected chi connectivity index (χ0v) is 9.72. The zero-order valence-electron chi connectivity index (χ0n) is 8.96. The molecule has 0 atom stereocenters. The van der Waals surface area contributed by atoms with Crippen LogP contribution in [0.4, 0.5) is 0 Å². The second-order valence-corrected chi connectivity index (χ2v) is 4.93. The molecule has 1 saturated carbocycles. The Morgan fingerprint density at radius 2 is 1.94 bits per heavy atom. The summed E-state index contributed by atoms with van der Waals surface area (Å²) in [6.45, 7) is 0.928. The number of benzene rings is 1. The van der Waals surface area contributed by atoms with Crippen LogP contribution in [0, 0.1) is 0 Å². The second kappa shape index (κ2) is 3.54. The van der Waals surface area contributed by atoms with Gasteiger partial charge in [0.2, 0.25) is 6.79 Å². The molecule has 86 valence electrons. The minimum atomic E-state index is 0.0675. The lowest BCUT2D eigenvalue weighted by molar-refractivity contribution is 0.173. The summed E-state index contributed by atoms with van der Waals surface area (Å²) in [5.41, 5.74) is 7.07. The molecule has 1 heterocycles. The van der Waals surface area contributed by atoms with Gasteiger partial charge in [-0.15, -0.1) is 0 Å². The van der Waals surface area contributed by atoms with Crippen LogP contribution in [0.2, 0.25) is 5.02 Å². The van der Waals surface area contributed by atoms with Crippen molar-refractivity contribution in [2.45, 2.75) is 24.7 Å². The number of halogens is 1. The molecule has 1 aromatic carbocycles. The largest absolute Gasteiger partial charge is 0.454 e. The topological polar surface area (TPSA) is 44.5 Å². The third kappa shape index (κ3) is 1.31. The summed E-state index contributed by atoms with van der Waals surface area (Å²) < 4.78 is 10.7. The minimum Gasteiger partial charge on any atom is -0.454 e. The van der Waals surface area contributed by atoms with E-state index >= 15 is 0 Å². The van der Waals surface area contributed by atoms with E-state index in [1.807, 2.05) is 12.1 Å². The van der Waals surface area contributed by atoms with Crippen molar-refractivity contribution in [2.75, 3.05) is 13.3 Å². The maximum Gasteiger partial charge on any atom is 0.231 e. The van der Waals surface area contributed by atoms with Crippen LogP contribution in [-0.4, -0.2) is 13.3 Å². The summed E-state index contributed by atoms with van der Waals surface area (Å²) in [6, 6.07) is 3.84. The van der Waals surface area contributed by atoms with Gasteiger partial charge < -0.3 is 15.2 Å². The quantitative estimate of drug-likeness (QED) is 0.862. The van der Waals surface area contributed by atoms with E-state index in [1.165, 1.54) is 6.42 Å². The molecule has 0 radical (unpaired) electrons. The van der Waals surface area contributed by atoms with Crippen molar-refractivity contribution in [2.24, 2.45) is 5.73 Å². The molecule has 0 unspecified atom stereocenters. The van der Waals surface area contributed by atoms with Gasteiger partial charge in [0.05, 0.1) is 0 Å². The van der Waals surface area contributed by atoms with Gasteiger partial charge in [-0.3, -0.25) is 0 Å². The van der Waals surface area contributed by atoms with Gasteiger partial charge in [0.1, 0.15) is 0 Å². The van der Waals surface area contributed by atoms with E-state index in [1.54, 1.807) is 0 Å². The highest BCUT2D eigenvalue weighted by Crippen LogP contribution is 2.49. The summed E-state index contributed by atoms with van der Waals surface area (Å²) in [7, 11) is 0. The fourth-order valence-corrected chi connectivity index (χ4v) is 2.86. The van der Waals surface area contributed by atoms with E-state index in [-0.39, 0.29) is 12.2 Å². The van der Waals surface area contributed by atoms with Gasteiger partial charge in [-0.1, -0.05) is 18.0 Å². The highest BCUT2D eigenvalue weighted by atomic mass is 35.5. The lowest BCUT2D eigenvalue weighted by Gasteiger charge is -2.42. The van der Waals surface area contributed by atoms with Crippen LogP contribution in [0.25, 0.3) is 0 Å². The van der Waals surface area contributed by atoms with Crippen molar-refractivity contribution in [1.82, 2.24) is 0 Å². The molecule has 1 aliphatic heterocycles. The Bertz CT molecular complexity index is 424. The summed E-state index contributed by atoms with van der Waals surface area (Å²) in [6.07, 6.45) is 3.45. The summed E-state index contributed by atoms with van der Waals surface area (Å²) in [5, 5.41) is 0.745. The maximum atomic E-state index is 6.29. The van der Waals surface area contributed by atoms with Crippen molar-refractivity contribution in [3.63, 3.8) is 0 Å². The van der Waals surface area contributed by atoms with Crippen LogP contribution in [0.1, 0.15) is 24.8 Å². The molecule has 2 N–H and O–H groups in total. The fraction of sp³-hybridized carbons (Fsp3) is 0.500. The molecule has 0 aromatic heterocycles. The number of rotatable bonds is 2. The van der Waals surface area contributed by atoms with Crippen molar-refractivity contribution >= 4 is 11.6 Å². The Balaban J connectivity index is 2.07. The minimum absolute atomic E-state index is 0.0675. The average molecular weight is 240 g/mol. The summed E-state index contributed by atoms with van der Waals surface area (Å²) in [5.74, 6) is 1.53. The zero-order chi connectivity index (χ0) is 11.2. The highest BCUT2D eigenvalue weighted by Gasteiger charge is 2.39. The van der Waals surface area contributed by atoms with Gasteiger partial charge in [-0.25, -0.2) is 0 Å². The Kier molecular flexibility index (Phi) is 2.26. The predicted octanol–water partition coefficient (Wildman–Crippen LogP) is 2.45. The Morgan fingerprint density at radius 1 is 1.25 bits per heavy atom. The molecule has 16 heavy (non-hydrogen) atoms. The molecule has 3 rings (SSSR count). The van der Waals surface area contributed by atoms with Crippen molar-refractivity contribution in [3.8, 4) is 11.5 Å². The number of nitrogens with two attached hydrogens (primary N) is 1. The number of hydrogen-bond acceptors (Lipinski definition) is 3. The molecule has 1 fully saturated rings. The first-order valence-corrected chi connectivity index (χ1v) is 5.93. The molecular formula is C12H14ClNO2. The standard InChI is InChI=1S/C12H14ClNO2/c13-9-5-11-10(15-7-16-11)4-8(9)12(6-14)2-1-3-12/h4-5H,1-3,6-7,14H2. The van der Waals surface area contributed by atoms with Gasteiger partial charge in [0.15, 0.2) is 11.5 Å². The van der Waals surface area contributed by atoms with Crippen molar-refractivity contribution in [3.05, 3.63) is 22.7 Å². The smallest absolute Gasteiger partial charge is 0.231 e. The first kappa shape index (κ1) is 10.2. The normalized spacial score (nSPS) is 20.6. The highest BCUT2D eigenvalue weighted by molar-refractivity contribution is 6.31. The van der Waals surface area contributed by atoms with Gasteiger partial charge in [-0.05, 0) is 24.5 Å².